The van der Waals surface area contributed by atoms with E-state index in [4.69, 9.17) is 13.9 Å². The summed E-state index contributed by atoms with van der Waals surface area (Å²) in [6.07, 6.45) is 4.71. The summed E-state index contributed by atoms with van der Waals surface area (Å²) in [6.45, 7) is 8.10. The molecule has 0 unspecified atom stereocenters. The molecule has 5 rings (SSSR count). The zero-order valence-corrected chi connectivity index (χ0v) is 19.2. The van der Waals surface area contributed by atoms with Crippen LogP contribution in [0.15, 0.2) is 40.8 Å². The number of aromatic hydroxyl groups is 1. The lowest BCUT2D eigenvalue weighted by Crippen LogP contribution is -2.32. The molecule has 2 aliphatic rings. The number of aryl methyl sites for hydroxylation is 1. The molecule has 0 spiro atoms. The third-order valence-electron chi connectivity index (χ3n) is 5.98. The second-order valence-electron chi connectivity index (χ2n) is 8.98. The summed E-state index contributed by atoms with van der Waals surface area (Å²) in [7, 11) is 1.52. The van der Waals surface area contributed by atoms with E-state index in [1.165, 1.54) is 7.11 Å². The van der Waals surface area contributed by atoms with E-state index in [0.717, 1.165) is 34.2 Å². The van der Waals surface area contributed by atoms with Crippen molar-refractivity contribution in [2.45, 2.75) is 33.2 Å². The Morgan fingerprint density at radius 1 is 1.09 bits per heavy atom. The highest BCUT2D eigenvalue weighted by Gasteiger charge is 2.33. The minimum absolute atomic E-state index is 0.0346. The molecule has 6 heteroatoms. The van der Waals surface area contributed by atoms with Crippen molar-refractivity contribution in [1.29, 1.82) is 0 Å². The summed E-state index contributed by atoms with van der Waals surface area (Å²) in [6, 6.07) is 8.99. The Morgan fingerprint density at radius 3 is 2.61 bits per heavy atom. The lowest BCUT2D eigenvalue weighted by molar-refractivity contribution is 0.112. The average Bonchev–Trinajstić information content (AvgIpc) is 3.11. The highest BCUT2D eigenvalue weighted by Crippen LogP contribution is 2.54. The SMILES string of the molecule is COc1c(O)ccc2c1-c1ccc3c(c1/C(=C/c1oc(C)cc1C=O)O2)C(C)=CC(C)(C)N3. The number of carbonyl (C=O) groups is 1. The van der Waals surface area contributed by atoms with Crippen LogP contribution in [-0.2, 0) is 0 Å². The van der Waals surface area contributed by atoms with E-state index in [9.17, 15) is 9.90 Å². The Labute approximate surface area is 192 Å². The fourth-order valence-electron chi connectivity index (χ4n) is 4.82. The molecular formula is C27H25NO5. The fourth-order valence-corrected chi connectivity index (χ4v) is 4.82. The molecule has 168 valence electrons. The van der Waals surface area contributed by atoms with Gasteiger partial charge >= 0.3 is 0 Å². The quantitative estimate of drug-likeness (QED) is 0.464. The van der Waals surface area contributed by atoms with Crippen LogP contribution in [0, 0.1) is 6.92 Å². The molecule has 1 aromatic heterocycles. The number of nitrogens with one attached hydrogen (secondary N) is 1. The van der Waals surface area contributed by atoms with Gasteiger partial charge in [0.05, 0.1) is 23.8 Å². The molecule has 33 heavy (non-hydrogen) atoms. The van der Waals surface area contributed by atoms with E-state index in [0.29, 0.717) is 39.9 Å². The predicted octanol–water partition coefficient (Wildman–Crippen LogP) is 6.28. The molecular weight excluding hydrogens is 418 g/mol. The fraction of sp³-hybridized carbons (Fsp3) is 0.222. The van der Waals surface area contributed by atoms with Crippen molar-refractivity contribution < 1.29 is 23.8 Å². The maximum absolute atomic E-state index is 11.6. The molecule has 2 aromatic carbocycles. The van der Waals surface area contributed by atoms with Crippen LogP contribution in [0.3, 0.4) is 0 Å². The van der Waals surface area contributed by atoms with Gasteiger partial charge in [-0.15, -0.1) is 0 Å². The summed E-state index contributed by atoms with van der Waals surface area (Å²) in [5.41, 5.74) is 5.68. The Morgan fingerprint density at radius 2 is 1.88 bits per heavy atom. The van der Waals surface area contributed by atoms with Gasteiger partial charge in [-0.3, -0.25) is 4.79 Å². The smallest absolute Gasteiger partial charge is 0.172 e. The number of phenolic OH excluding ortho intramolecular Hbond substituents is 1. The number of phenols is 1. The van der Waals surface area contributed by atoms with Gasteiger partial charge in [0.2, 0.25) is 0 Å². The van der Waals surface area contributed by atoms with Crippen molar-refractivity contribution in [3.63, 3.8) is 0 Å². The number of furan rings is 1. The number of hydrogen-bond donors (Lipinski definition) is 2. The molecule has 0 bridgehead atoms. The van der Waals surface area contributed by atoms with E-state index in [2.05, 4.69) is 32.2 Å². The normalized spacial score (nSPS) is 16.6. The van der Waals surface area contributed by atoms with Crippen molar-refractivity contribution in [3.8, 4) is 28.4 Å². The highest BCUT2D eigenvalue weighted by atomic mass is 16.5. The number of allylic oxidation sites excluding steroid dienone is 1. The summed E-state index contributed by atoms with van der Waals surface area (Å²) in [4.78, 5) is 11.6. The monoisotopic (exact) mass is 443 g/mol. The largest absolute Gasteiger partial charge is 0.504 e. The second-order valence-corrected chi connectivity index (χ2v) is 8.98. The first kappa shape index (κ1) is 20.9. The number of aldehydes is 1. The van der Waals surface area contributed by atoms with Crippen LogP contribution >= 0.6 is 0 Å². The number of ether oxygens (including phenoxy) is 2. The number of carbonyl (C=O) groups excluding carboxylic acids is 1. The molecule has 2 aliphatic heterocycles. The molecule has 0 saturated heterocycles. The van der Waals surface area contributed by atoms with Crippen LogP contribution in [0.25, 0.3) is 28.5 Å². The third kappa shape index (κ3) is 3.30. The molecule has 0 atom stereocenters. The van der Waals surface area contributed by atoms with Gasteiger partial charge in [-0.2, -0.15) is 0 Å². The summed E-state index contributed by atoms with van der Waals surface area (Å²) < 4.78 is 17.7. The Hall–Kier alpha value is -3.93. The van der Waals surface area contributed by atoms with E-state index < -0.39 is 0 Å². The van der Waals surface area contributed by atoms with Crippen LogP contribution < -0.4 is 14.8 Å². The molecule has 0 aliphatic carbocycles. The van der Waals surface area contributed by atoms with Gasteiger partial charge in [0.15, 0.2) is 17.8 Å². The first-order chi connectivity index (χ1) is 15.7. The van der Waals surface area contributed by atoms with Crippen LogP contribution in [0.1, 0.15) is 53.8 Å². The standard InChI is InChI=1S/C27H25NO5/c1-14-12-27(3,4)28-18-7-6-17-24(23(14)18)22(11-21-16(13-29)10-15(2)32-21)33-20-9-8-19(30)26(31-5)25(17)20/h6-13,28,30H,1-5H3/b22-11-. The van der Waals surface area contributed by atoms with Gasteiger partial charge in [0.25, 0.3) is 0 Å². The number of benzene rings is 2. The molecule has 0 saturated carbocycles. The van der Waals surface area contributed by atoms with Crippen LogP contribution in [0.2, 0.25) is 0 Å². The van der Waals surface area contributed by atoms with Crippen molar-refractivity contribution in [3.05, 3.63) is 64.6 Å². The zero-order valence-electron chi connectivity index (χ0n) is 19.2. The Bertz CT molecular complexity index is 1370. The van der Waals surface area contributed by atoms with Crippen LogP contribution in [-0.4, -0.2) is 24.0 Å². The Kier molecular flexibility index (Phi) is 4.64. The van der Waals surface area contributed by atoms with E-state index in [-0.39, 0.29) is 11.3 Å². The highest BCUT2D eigenvalue weighted by molar-refractivity contribution is 6.02. The van der Waals surface area contributed by atoms with Gasteiger partial charge in [-0.05, 0) is 57.5 Å². The Balaban J connectivity index is 1.85. The summed E-state index contributed by atoms with van der Waals surface area (Å²) in [5.74, 6) is 2.55. The van der Waals surface area contributed by atoms with Crippen molar-refractivity contribution in [1.82, 2.24) is 0 Å². The lowest BCUT2D eigenvalue weighted by Gasteiger charge is -2.35. The first-order valence-corrected chi connectivity index (χ1v) is 10.7. The van der Waals surface area contributed by atoms with Crippen LogP contribution in [0.5, 0.6) is 17.2 Å². The summed E-state index contributed by atoms with van der Waals surface area (Å²) in [5, 5.41) is 14.0. The minimum Gasteiger partial charge on any atom is -0.504 e. The summed E-state index contributed by atoms with van der Waals surface area (Å²) >= 11 is 0. The van der Waals surface area contributed by atoms with Crippen molar-refractivity contribution in [2.75, 3.05) is 12.4 Å². The topological polar surface area (TPSA) is 80.9 Å². The average molecular weight is 443 g/mol. The number of anilines is 1. The zero-order chi connectivity index (χ0) is 23.5. The number of fused-ring (bicyclic) bond motifs is 5. The molecule has 0 amide bonds. The van der Waals surface area contributed by atoms with Crippen LogP contribution in [0.4, 0.5) is 5.69 Å². The van der Waals surface area contributed by atoms with Crippen molar-refractivity contribution in [2.24, 2.45) is 0 Å². The predicted molar refractivity (Wildman–Crippen MR) is 129 cm³/mol. The van der Waals surface area contributed by atoms with Gasteiger partial charge in [-0.25, -0.2) is 0 Å². The maximum Gasteiger partial charge on any atom is 0.172 e. The lowest BCUT2D eigenvalue weighted by atomic mass is 9.83. The molecule has 3 aromatic rings. The van der Waals surface area contributed by atoms with E-state index in [1.54, 1.807) is 31.2 Å². The number of hydrogen-bond acceptors (Lipinski definition) is 6. The van der Waals surface area contributed by atoms with Gasteiger partial charge < -0.3 is 24.3 Å². The second kappa shape index (κ2) is 7.30. The number of methoxy groups -OCH3 is 1. The van der Waals surface area contributed by atoms with E-state index in [1.807, 2.05) is 12.1 Å². The van der Waals surface area contributed by atoms with Gasteiger partial charge in [0.1, 0.15) is 23.0 Å². The van der Waals surface area contributed by atoms with Crippen molar-refractivity contribution >= 4 is 29.4 Å². The minimum atomic E-state index is -0.207. The van der Waals surface area contributed by atoms with Gasteiger partial charge in [0, 0.05) is 28.5 Å². The van der Waals surface area contributed by atoms with Gasteiger partial charge in [-0.1, -0.05) is 12.1 Å². The first-order valence-electron chi connectivity index (χ1n) is 10.7. The molecule has 3 heterocycles. The molecule has 2 N–H and O–H groups in total. The molecule has 6 nitrogen and oxygen atoms in total. The molecule has 0 fully saturated rings. The number of rotatable bonds is 3. The molecule has 0 radical (unpaired) electrons. The van der Waals surface area contributed by atoms with E-state index >= 15 is 0 Å². The maximum atomic E-state index is 11.6. The third-order valence-corrected chi connectivity index (χ3v) is 5.98.